The van der Waals surface area contributed by atoms with Crippen molar-refractivity contribution in [2.24, 2.45) is 0 Å². The maximum Gasteiger partial charge on any atom is 0.268 e. The zero-order valence-electron chi connectivity index (χ0n) is 12.0. The summed E-state index contributed by atoms with van der Waals surface area (Å²) in [7, 11) is 0. The van der Waals surface area contributed by atoms with Gasteiger partial charge in [0.25, 0.3) is 5.91 Å². The summed E-state index contributed by atoms with van der Waals surface area (Å²) in [6.45, 7) is 6.79. The van der Waals surface area contributed by atoms with Crippen molar-refractivity contribution in [3.05, 3.63) is 34.0 Å². The Morgan fingerprint density at radius 2 is 2.35 bits per heavy atom. The predicted molar refractivity (Wildman–Crippen MR) is 81.9 cm³/mol. The summed E-state index contributed by atoms with van der Waals surface area (Å²) in [5, 5.41) is 3.88. The molecule has 1 amide bonds. The first-order valence-electron chi connectivity index (χ1n) is 6.70. The quantitative estimate of drug-likeness (QED) is 0.890. The van der Waals surface area contributed by atoms with Crippen LogP contribution < -0.4 is 11.1 Å². The third-order valence-corrected chi connectivity index (χ3v) is 4.07. The topological polar surface area (TPSA) is 72.9 Å². The van der Waals surface area contributed by atoms with Crippen LogP contribution in [0.1, 0.15) is 46.7 Å². The number of aromatic nitrogens is 2. The molecule has 3 N–H and O–H groups in total. The van der Waals surface area contributed by atoms with E-state index >= 15 is 0 Å². The molecule has 5 nitrogen and oxygen atoms in total. The number of nitrogens with two attached hydrogens (primary N) is 1. The lowest BCUT2D eigenvalue weighted by Crippen LogP contribution is -2.28. The number of nitrogens with zero attached hydrogens (tertiary/aromatic N) is 2. The van der Waals surface area contributed by atoms with Crippen molar-refractivity contribution in [3.8, 4) is 0 Å². The van der Waals surface area contributed by atoms with Gasteiger partial charge in [0.15, 0.2) is 0 Å². The highest BCUT2D eigenvalue weighted by Crippen LogP contribution is 2.20. The normalized spacial score (nSPS) is 12.3. The molecular weight excluding hydrogens is 272 g/mol. The minimum absolute atomic E-state index is 0.104. The number of hydrogen-bond donors (Lipinski definition) is 2. The average Bonchev–Trinajstić information content (AvgIpc) is 2.96. The first kappa shape index (κ1) is 14.6. The van der Waals surface area contributed by atoms with E-state index in [0.717, 1.165) is 22.9 Å². The standard InChI is InChI=1S/C14H20N4OS/c1-4-5-18-8-11(15)6-12(18)13(19)17-10(3)14-16-7-9(2)20-14/h6-8,10H,4-5,15H2,1-3H3,(H,17,19). The molecule has 1 atom stereocenters. The van der Waals surface area contributed by atoms with Crippen molar-refractivity contribution in [1.82, 2.24) is 14.9 Å². The Morgan fingerprint density at radius 1 is 1.60 bits per heavy atom. The van der Waals surface area contributed by atoms with Gasteiger partial charge in [0.2, 0.25) is 0 Å². The molecule has 0 bridgehead atoms. The van der Waals surface area contributed by atoms with Gasteiger partial charge in [0, 0.05) is 23.8 Å². The molecule has 2 aromatic rings. The molecule has 0 saturated carbocycles. The predicted octanol–water partition coefficient (Wildman–Crippen LogP) is 2.74. The summed E-state index contributed by atoms with van der Waals surface area (Å²) < 4.78 is 1.89. The highest BCUT2D eigenvalue weighted by atomic mass is 32.1. The van der Waals surface area contributed by atoms with Gasteiger partial charge in [0.1, 0.15) is 10.7 Å². The van der Waals surface area contributed by atoms with Gasteiger partial charge in [-0.2, -0.15) is 0 Å². The Bertz CT molecular complexity index is 602. The van der Waals surface area contributed by atoms with Crippen LogP contribution in [-0.2, 0) is 6.54 Å². The Kier molecular flexibility index (Phi) is 4.44. The third-order valence-electron chi connectivity index (χ3n) is 2.97. The second-order valence-corrected chi connectivity index (χ2v) is 6.12. The Hall–Kier alpha value is -1.82. The van der Waals surface area contributed by atoms with Crippen molar-refractivity contribution in [2.75, 3.05) is 5.73 Å². The molecule has 0 radical (unpaired) electrons. The van der Waals surface area contributed by atoms with E-state index in [1.54, 1.807) is 23.6 Å². The highest BCUT2D eigenvalue weighted by Gasteiger charge is 2.17. The fraction of sp³-hybridized carbons (Fsp3) is 0.429. The summed E-state index contributed by atoms with van der Waals surface area (Å²) in [6.07, 6.45) is 4.58. The van der Waals surface area contributed by atoms with Crippen LogP contribution in [0.15, 0.2) is 18.5 Å². The average molecular weight is 292 g/mol. The first-order valence-corrected chi connectivity index (χ1v) is 7.51. The largest absolute Gasteiger partial charge is 0.397 e. The monoisotopic (exact) mass is 292 g/mol. The van der Waals surface area contributed by atoms with E-state index in [4.69, 9.17) is 5.73 Å². The zero-order chi connectivity index (χ0) is 14.7. The van der Waals surface area contributed by atoms with Gasteiger partial charge in [-0.3, -0.25) is 4.79 Å². The number of aryl methyl sites for hydroxylation is 2. The Morgan fingerprint density at radius 3 is 2.95 bits per heavy atom. The van der Waals surface area contributed by atoms with Gasteiger partial charge in [-0.05, 0) is 26.3 Å². The van der Waals surface area contributed by atoms with E-state index in [0.29, 0.717) is 11.4 Å². The number of carbonyl (C=O) groups excluding carboxylic acids is 1. The third kappa shape index (κ3) is 3.19. The van der Waals surface area contributed by atoms with E-state index in [9.17, 15) is 4.79 Å². The minimum Gasteiger partial charge on any atom is -0.397 e. The highest BCUT2D eigenvalue weighted by molar-refractivity contribution is 7.11. The van der Waals surface area contributed by atoms with Gasteiger partial charge >= 0.3 is 0 Å². The molecule has 0 aliphatic carbocycles. The van der Waals surface area contributed by atoms with Crippen LogP contribution in [0, 0.1) is 6.92 Å². The van der Waals surface area contributed by atoms with Crippen molar-refractivity contribution in [2.45, 2.75) is 39.8 Å². The molecule has 0 fully saturated rings. The summed E-state index contributed by atoms with van der Waals surface area (Å²) >= 11 is 1.60. The Balaban J connectivity index is 2.11. The van der Waals surface area contributed by atoms with Crippen LogP contribution in [0.4, 0.5) is 5.69 Å². The van der Waals surface area contributed by atoms with Crippen LogP contribution in [0.5, 0.6) is 0 Å². The van der Waals surface area contributed by atoms with E-state index < -0.39 is 0 Å². The molecule has 0 saturated heterocycles. The van der Waals surface area contributed by atoms with Gasteiger partial charge in [-0.25, -0.2) is 4.98 Å². The molecule has 108 valence electrons. The molecule has 2 aromatic heterocycles. The number of amides is 1. The number of carbonyl (C=O) groups is 1. The summed E-state index contributed by atoms with van der Waals surface area (Å²) in [5.74, 6) is -0.115. The first-order chi connectivity index (χ1) is 9.51. The van der Waals surface area contributed by atoms with Crippen LogP contribution in [0.3, 0.4) is 0 Å². The van der Waals surface area contributed by atoms with Crippen LogP contribution in [0.2, 0.25) is 0 Å². The fourth-order valence-corrected chi connectivity index (χ4v) is 2.83. The number of nitrogen functional groups attached to an aromatic ring is 1. The van der Waals surface area contributed by atoms with Crippen molar-refractivity contribution in [3.63, 3.8) is 0 Å². The maximum absolute atomic E-state index is 12.3. The van der Waals surface area contributed by atoms with Gasteiger partial charge < -0.3 is 15.6 Å². The molecule has 0 spiro atoms. The molecule has 2 rings (SSSR count). The lowest BCUT2D eigenvalue weighted by molar-refractivity contribution is 0.0930. The number of nitrogens with one attached hydrogen (secondary N) is 1. The van der Waals surface area contributed by atoms with E-state index in [-0.39, 0.29) is 11.9 Å². The van der Waals surface area contributed by atoms with Crippen LogP contribution >= 0.6 is 11.3 Å². The molecule has 20 heavy (non-hydrogen) atoms. The lowest BCUT2D eigenvalue weighted by atomic mass is 10.3. The number of rotatable bonds is 5. The Labute approximate surface area is 122 Å². The molecular formula is C14H20N4OS. The van der Waals surface area contributed by atoms with Gasteiger partial charge in [-0.1, -0.05) is 6.92 Å². The molecule has 6 heteroatoms. The van der Waals surface area contributed by atoms with Crippen LogP contribution in [0.25, 0.3) is 0 Å². The second-order valence-electron chi connectivity index (χ2n) is 4.86. The van der Waals surface area contributed by atoms with Crippen molar-refractivity contribution in [1.29, 1.82) is 0 Å². The SMILES string of the molecule is CCCn1cc(N)cc1C(=O)NC(C)c1ncc(C)s1. The zero-order valence-corrected chi connectivity index (χ0v) is 12.8. The lowest BCUT2D eigenvalue weighted by Gasteiger charge is -2.12. The van der Waals surface area contributed by atoms with Crippen molar-refractivity contribution >= 4 is 22.9 Å². The molecule has 0 aromatic carbocycles. The number of thiazole rings is 1. The number of anilines is 1. The summed E-state index contributed by atoms with van der Waals surface area (Å²) in [6, 6.07) is 1.61. The van der Waals surface area contributed by atoms with Gasteiger partial charge in [0.05, 0.1) is 11.7 Å². The molecule has 1 unspecified atom stereocenters. The fourth-order valence-electron chi connectivity index (χ4n) is 2.05. The maximum atomic E-state index is 12.3. The second kappa shape index (κ2) is 6.09. The van der Waals surface area contributed by atoms with Crippen molar-refractivity contribution < 1.29 is 4.79 Å². The molecule has 0 aliphatic rings. The smallest absolute Gasteiger partial charge is 0.268 e. The van der Waals surface area contributed by atoms with Crippen LogP contribution in [-0.4, -0.2) is 15.5 Å². The van der Waals surface area contributed by atoms with E-state index in [2.05, 4.69) is 17.2 Å². The van der Waals surface area contributed by atoms with E-state index in [1.807, 2.05) is 24.6 Å². The number of hydrogen-bond acceptors (Lipinski definition) is 4. The molecule has 2 heterocycles. The summed E-state index contributed by atoms with van der Waals surface area (Å²) in [4.78, 5) is 17.8. The van der Waals surface area contributed by atoms with Gasteiger partial charge in [-0.15, -0.1) is 11.3 Å². The molecule has 0 aliphatic heterocycles. The minimum atomic E-state index is -0.115. The summed E-state index contributed by atoms with van der Waals surface area (Å²) in [5.41, 5.74) is 7.00. The van der Waals surface area contributed by atoms with E-state index in [1.165, 1.54) is 0 Å².